The largest absolute Gasteiger partial charge is 0.477 e. The summed E-state index contributed by atoms with van der Waals surface area (Å²) in [7, 11) is 0. The van der Waals surface area contributed by atoms with E-state index >= 15 is 0 Å². The van der Waals surface area contributed by atoms with Crippen molar-refractivity contribution in [2.45, 2.75) is 15.8 Å². The number of rotatable bonds is 11. The van der Waals surface area contributed by atoms with Crippen molar-refractivity contribution in [2.75, 3.05) is 35.9 Å². The third-order valence-electron chi connectivity index (χ3n) is 4.65. The number of aliphatic carboxylic acids is 1. The zero-order valence-corrected chi connectivity index (χ0v) is 22.0. The van der Waals surface area contributed by atoms with Crippen LogP contribution in [-0.4, -0.2) is 94.6 Å². The molecule has 2 aliphatic heterocycles. The smallest absolute Gasteiger partial charge is 0.352 e. The van der Waals surface area contributed by atoms with E-state index in [2.05, 4.69) is 30.0 Å². The molecule has 2 aliphatic rings. The van der Waals surface area contributed by atoms with Crippen molar-refractivity contribution in [2.24, 2.45) is 5.16 Å². The number of hydrogen-bond donors (Lipinski definition) is 3. The number of nitrogens with zero attached hydrogens (tertiary/aromatic N) is 6. The molecule has 1 saturated heterocycles. The summed E-state index contributed by atoms with van der Waals surface area (Å²) in [6.07, 6.45) is 1.90. The highest BCUT2D eigenvalue weighted by Gasteiger charge is 2.54. The molecule has 18 heteroatoms. The number of nitrogens with two attached hydrogens (primary N) is 1. The number of carboxylic acid groups (broad SMARTS) is 1. The number of carbonyl (C=O) groups excluding carboxylic acids is 2. The van der Waals surface area contributed by atoms with E-state index < -0.39 is 29.2 Å². The summed E-state index contributed by atoms with van der Waals surface area (Å²) in [6.45, 7) is 0.261. The molecule has 0 saturated carbocycles. The first kappa shape index (κ1) is 25.7. The first-order valence-electron chi connectivity index (χ1n) is 9.79. The average Bonchev–Trinajstić information content (AvgIpc) is 3.52. The summed E-state index contributed by atoms with van der Waals surface area (Å²) >= 11 is 6.52. The summed E-state index contributed by atoms with van der Waals surface area (Å²) in [5.41, 5.74) is 7.55. The molecule has 35 heavy (non-hydrogen) atoms. The number of amides is 2. The highest BCUT2D eigenvalue weighted by molar-refractivity contribution is 8.01. The fourth-order valence-electron chi connectivity index (χ4n) is 3.12. The molecule has 0 aromatic carbocycles. The first-order chi connectivity index (χ1) is 16.9. The lowest BCUT2D eigenvalue weighted by molar-refractivity contribution is -0.150. The second-order valence-electron chi connectivity index (χ2n) is 6.83. The average molecular weight is 575 g/mol. The second kappa shape index (κ2) is 11.5. The Morgan fingerprint density at radius 1 is 1.46 bits per heavy atom. The second-order valence-corrected chi connectivity index (χ2v) is 11.8. The molecular weight excluding hydrogens is 557 g/mol. The minimum absolute atomic E-state index is 0.0174. The molecule has 13 nitrogen and oxygen atoms in total. The van der Waals surface area contributed by atoms with Crippen LogP contribution >= 0.6 is 58.2 Å². The number of aromatic nitrogens is 4. The van der Waals surface area contributed by atoms with E-state index in [1.165, 1.54) is 39.8 Å². The van der Waals surface area contributed by atoms with Gasteiger partial charge in [0.1, 0.15) is 29.2 Å². The molecule has 4 rings (SSSR count). The summed E-state index contributed by atoms with van der Waals surface area (Å²) in [5, 5.41) is 23.6. The highest BCUT2D eigenvalue weighted by Crippen LogP contribution is 2.41. The van der Waals surface area contributed by atoms with Gasteiger partial charge < -0.3 is 21.0 Å². The highest BCUT2D eigenvalue weighted by atomic mass is 32.2. The Morgan fingerprint density at radius 2 is 2.29 bits per heavy atom. The fraction of sp³-hybridized carbons (Fsp3) is 0.412. The Morgan fingerprint density at radius 3 is 2.94 bits per heavy atom. The van der Waals surface area contributed by atoms with Gasteiger partial charge in [-0.1, -0.05) is 28.3 Å². The summed E-state index contributed by atoms with van der Waals surface area (Å²) < 4.78 is 4.71. The monoisotopic (exact) mass is 574 g/mol. The Labute approximate surface area is 219 Å². The normalized spacial score (nSPS) is 19.9. The number of carboxylic acids is 1. The predicted octanol–water partition coefficient (Wildman–Crippen LogP) is 0.586. The maximum Gasteiger partial charge on any atom is 0.352 e. The molecule has 2 atom stereocenters. The Bertz CT molecular complexity index is 1170. The van der Waals surface area contributed by atoms with Crippen molar-refractivity contribution in [1.82, 2.24) is 29.8 Å². The standard InChI is InChI=1S/C17H18N8O5S5/c1-31-3-2-30-23-8(11-21-16(18)35-24-11)12(26)20-9-13(27)25-10(15(28)29)7(4-32-14(9)25)5-33-17-22-19-6-34-17/h6,9,14H,2-5H2,1H3,(H,20,26)(H,28,29)(H2,18,21,24)/b23-8+/t9?,14-/m1/s1. The summed E-state index contributed by atoms with van der Waals surface area (Å²) in [5.74, 6) is -1.06. The molecule has 1 fully saturated rings. The van der Waals surface area contributed by atoms with Crippen molar-refractivity contribution >= 4 is 86.8 Å². The number of carbonyl (C=O) groups is 3. The number of oxime groups is 1. The van der Waals surface area contributed by atoms with E-state index in [1.54, 1.807) is 17.3 Å². The molecule has 4 heterocycles. The molecular formula is C17H18N8O5S5. The third kappa shape index (κ3) is 5.71. The molecule has 0 radical (unpaired) electrons. The fourth-order valence-corrected chi connectivity index (χ4v) is 6.77. The predicted molar refractivity (Wildman–Crippen MR) is 136 cm³/mol. The number of nitrogen functional groups attached to an aromatic ring is 1. The molecule has 0 spiro atoms. The van der Waals surface area contributed by atoms with E-state index in [0.717, 1.165) is 11.5 Å². The van der Waals surface area contributed by atoms with Crippen molar-refractivity contribution in [3.8, 4) is 0 Å². The van der Waals surface area contributed by atoms with Crippen LogP contribution in [0, 0.1) is 0 Å². The minimum Gasteiger partial charge on any atom is -0.477 e. The SMILES string of the molecule is CSCCO/N=C(/C(=O)NC1C(=O)N2C(C(=O)O)=C(CSc3nncs3)CS[C@H]12)c1nsc(N)n1. The molecule has 2 aromatic rings. The summed E-state index contributed by atoms with van der Waals surface area (Å²) in [4.78, 5) is 48.3. The van der Waals surface area contributed by atoms with Crippen LogP contribution in [0.25, 0.3) is 0 Å². The molecule has 0 aliphatic carbocycles. The van der Waals surface area contributed by atoms with Crippen LogP contribution in [-0.2, 0) is 19.2 Å². The number of fused-ring (bicyclic) bond motifs is 1. The van der Waals surface area contributed by atoms with Crippen LogP contribution < -0.4 is 11.1 Å². The van der Waals surface area contributed by atoms with E-state index in [4.69, 9.17) is 10.6 Å². The molecule has 0 bridgehead atoms. The van der Waals surface area contributed by atoms with Crippen molar-refractivity contribution < 1.29 is 24.3 Å². The van der Waals surface area contributed by atoms with Gasteiger partial charge in [-0.2, -0.15) is 21.1 Å². The van der Waals surface area contributed by atoms with Gasteiger partial charge in [0.05, 0.1) is 0 Å². The van der Waals surface area contributed by atoms with Crippen LogP contribution in [0.1, 0.15) is 5.82 Å². The van der Waals surface area contributed by atoms with Gasteiger partial charge in [-0.3, -0.25) is 14.5 Å². The van der Waals surface area contributed by atoms with Gasteiger partial charge in [0.25, 0.3) is 11.8 Å². The van der Waals surface area contributed by atoms with E-state index in [1.807, 2.05) is 6.26 Å². The van der Waals surface area contributed by atoms with E-state index in [9.17, 15) is 19.5 Å². The maximum atomic E-state index is 13.0. The molecule has 1 unspecified atom stereocenters. The number of β-lactam (4-membered cyclic amide) rings is 1. The van der Waals surface area contributed by atoms with Crippen molar-refractivity contribution in [3.63, 3.8) is 0 Å². The number of thioether (sulfide) groups is 3. The molecule has 4 N–H and O–H groups in total. The van der Waals surface area contributed by atoms with Crippen LogP contribution in [0.4, 0.5) is 5.13 Å². The van der Waals surface area contributed by atoms with E-state index in [-0.39, 0.29) is 29.0 Å². The quantitative estimate of drug-likeness (QED) is 0.111. The zero-order chi connectivity index (χ0) is 24.9. The topological polar surface area (TPSA) is 186 Å². The van der Waals surface area contributed by atoms with Gasteiger partial charge in [-0.15, -0.1) is 22.0 Å². The van der Waals surface area contributed by atoms with Gasteiger partial charge in [0.15, 0.2) is 9.47 Å². The Balaban J connectivity index is 1.47. The van der Waals surface area contributed by atoms with Gasteiger partial charge in [-0.25, -0.2) is 4.79 Å². The molecule has 2 aromatic heterocycles. The molecule has 186 valence electrons. The van der Waals surface area contributed by atoms with E-state index in [0.29, 0.717) is 27.2 Å². The van der Waals surface area contributed by atoms with Gasteiger partial charge >= 0.3 is 5.97 Å². The van der Waals surface area contributed by atoms with Gasteiger partial charge in [-0.05, 0) is 11.8 Å². The third-order valence-corrected chi connectivity index (χ3v) is 9.05. The van der Waals surface area contributed by atoms with Crippen LogP contribution in [0.2, 0.25) is 0 Å². The number of nitrogens with one attached hydrogen (secondary N) is 1. The Kier molecular flexibility index (Phi) is 8.47. The van der Waals surface area contributed by atoms with Gasteiger partial charge in [0.2, 0.25) is 11.5 Å². The lowest BCUT2D eigenvalue weighted by Gasteiger charge is -2.49. The van der Waals surface area contributed by atoms with Crippen molar-refractivity contribution in [3.05, 3.63) is 22.6 Å². The number of hydrogen-bond acceptors (Lipinski definition) is 15. The Hall–Kier alpha value is -2.41. The van der Waals surface area contributed by atoms with Crippen LogP contribution in [0.3, 0.4) is 0 Å². The lowest BCUT2D eigenvalue weighted by atomic mass is 10.0. The molecule has 2 amide bonds. The maximum absolute atomic E-state index is 13.0. The lowest BCUT2D eigenvalue weighted by Crippen LogP contribution is -2.71. The van der Waals surface area contributed by atoms with Crippen molar-refractivity contribution in [1.29, 1.82) is 0 Å². The van der Waals surface area contributed by atoms with Gasteiger partial charge in [0, 0.05) is 28.8 Å². The first-order valence-corrected chi connectivity index (χ1v) is 14.9. The summed E-state index contributed by atoms with van der Waals surface area (Å²) in [6, 6.07) is -0.938. The van der Waals surface area contributed by atoms with Crippen LogP contribution in [0.15, 0.2) is 26.3 Å². The zero-order valence-electron chi connectivity index (χ0n) is 17.9. The van der Waals surface area contributed by atoms with Crippen LogP contribution in [0.5, 0.6) is 0 Å². The number of anilines is 1. The minimum atomic E-state index is -1.20.